The summed E-state index contributed by atoms with van der Waals surface area (Å²) in [5.74, 6) is -1.73. The molecule has 0 unspecified atom stereocenters. The lowest BCUT2D eigenvalue weighted by atomic mass is 9.62. The molecular formula is C38H30N2O6. The van der Waals surface area contributed by atoms with Gasteiger partial charge in [-0.15, -0.1) is 0 Å². The number of ether oxygens (including phenoxy) is 2. The van der Waals surface area contributed by atoms with Crippen LogP contribution >= 0.6 is 0 Å². The first-order chi connectivity index (χ1) is 22.3. The smallest absolute Gasteiger partial charge is 0.308 e. The van der Waals surface area contributed by atoms with Crippen LogP contribution in [0.2, 0.25) is 0 Å². The van der Waals surface area contributed by atoms with Crippen molar-refractivity contribution in [3.63, 3.8) is 0 Å². The van der Waals surface area contributed by atoms with Gasteiger partial charge in [-0.1, -0.05) is 55.1 Å². The van der Waals surface area contributed by atoms with Crippen LogP contribution in [0.4, 0.5) is 5.69 Å². The first-order valence-corrected chi connectivity index (χ1v) is 15.0. The number of hydrogen-bond donors (Lipinski definition) is 1. The van der Waals surface area contributed by atoms with E-state index < -0.39 is 29.4 Å². The van der Waals surface area contributed by atoms with Crippen LogP contribution in [0.15, 0.2) is 116 Å². The SMILES string of the molecule is C=CCOc1ccc(C(=O)[C@H]2[C@@H](C(=O)c3ccc(OC(C)=O)cc3)N3C=Cc4ccccc4[C@@H]3[C@@]23C(=O)Nc2ccccc23)cc1. The van der Waals surface area contributed by atoms with Gasteiger partial charge in [-0.25, -0.2) is 0 Å². The lowest BCUT2D eigenvalue weighted by Gasteiger charge is -2.38. The number of rotatable bonds is 8. The topological polar surface area (TPSA) is 102 Å². The van der Waals surface area contributed by atoms with Gasteiger partial charge < -0.3 is 19.7 Å². The molecule has 3 heterocycles. The highest BCUT2D eigenvalue weighted by Gasteiger charge is 2.70. The number of fused-ring (bicyclic) bond motifs is 6. The molecule has 1 spiro atoms. The molecule has 1 saturated heterocycles. The number of ketones is 2. The molecular weight excluding hydrogens is 580 g/mol. The molecule has 0 saturated carbocycles. The number of Topliss-reactive ketones (excluding diaryl/α,β-unsaturated/α-hetero) is 2. The zero-order chi connectivity index (χ0) is 32.0. The highest BCUT2D eigenvalue weighted by Crippen LogP contribution is 2.62. The number of esters is 1. The molecule has 228 valence electrons. The van der Waals surface area contributed by atoms with E-state index in [1.165, 1.54) is 6.92 Å². The average molecular weight is 611 g/mol. The zero-order valence-corrected chi connectivity index (χ0v) is 25.0. The van der Waals surface area contributed by atoms with Gasteiger partial charge in [0.2, 0.25) is 5.91 Å². The van der Waals surface area contributed by atoms with Gasteiger partial charge in [-0.05, 0) is 77.4 Å². The standard InChI is InChI=1S/C38H30N2O6/c1-3-22-45-27-16-12-25(13-17-27)34(42)32-33(35(43)26-14-18-28(19-15-26)46-23(2)41)40-21-20-24-8-4-5-9-29(24)36(40)38(32)30-10-6-7-11-31(30)39-37(38)44/h3-21,32-33,36H,1,22H2,2H3,(H,39,44)/t32-,33+,36-,38+/m1/s1. The Kier molecular flexibility index (Phi) is 7.12. The summed E-state index contributed by atoms with van der Waals surface area (Å²) in [6, 6.07) is 26.5. The van der Waals surface area contributed by atoms with Crippen LogP contribution in [0, 0.1) is 5.92 Å². The number of benzene rings is 4. The second-order valence-corrected chi connectivity index (χ2v) is 11.6. The zero-order valence-electron chi connectivity index (χ0n) is 25.0. The van der Waals surface area contributed by atoms with Crippen LogP contribution in [0.25, 0.3) is 6.08 Å². The average Bonchev–Trinajstić information content (AvgIpc) is 3.55. The predicted molar refractivity (Wildman–Crippen MR) is 173 cm³/mol. The van der Waals surface area contributed by atoms with Crippen LogP contribution in [-0.4, -0.2) is 41.0 Å². The summed E-state index contributed by atoms with van der Waals surface area (Å²) in [4.78, 5) is 57.7. The normalized spacial score (nSPS) is 22.0. The van der Waals surface area contributed by atoms with E-state index in [4.69, 9.17) is 9.47 Å². The number of para-hydroxylation sites is 1. The Morgan fingerprint density at radius 2 is 1.52 bits per heavy atom. The van der Waals surface area contributed by atoms with Gasteiger partial charge in [0, 0.05) is 29.9 Å². The highest BCUT2D eigenvalue weighted by atomic mass is 16.5. The first kappa shape index (κ1) is 29.0. The molecule has 0 aromatic heterocycles. The van der Waals surface area contributed by atoms with Gasteiger partial charge in [0.15, 0.2) is 11.6 Å². The fraction of sp³-hybridized carbons (Fsp3) is 0.158. The summed E-state index contributed by atoms with van der Waals surface area (Å²) in [6.07, 6.45) is 5.38. The molecule has 8 heteroatoms. The van der Waals surface area contributed by atoms with Crippen molar-refractivity contribution in [2.45, 2.75) is 24.4 Å². The number of carbonyl (C=O) groups excluding carboxylic acids is 4. The number of nitrogens with one attached hydrogen (secondary N) is 1. The van der Waals surface area contributed by atoms with Crippen molar-refractivity contribution in [3.05, 3.63) is 144 Å². The number of anilines is 1. The second-order valence-electron chi connectivity index (χ2n) is 11.6. The van der Waals surface area contributed by atoms with E-state index in [1.54, 1.807) is 54.6 Å². The molecule has 1 N–H and O–H groups in total. The largest absolute Gasteiger partial charge is 0.490 e. The molecule has 0 aliphatic carbocycles. The van der Waals surface area contributed by atoms with E-state index in [2.05, 4.69) is 11.9 Å². The quantitative estimate of drug-likeness (QED) is 0.110. The molecule has 4 aromatic carbocycles. The minimum atomic E-state index is -1.44. The van der Waals surface area contributed by atoms with Crippen LogP contribution in [0.3, 0.4) is 0 Å². The van der Waals surface area contributed by atoms with Crippen molar-refractivity contribution in [1.82, 2.24) is 4.90 Å². The van der Waals surface area contributed by atoms with E-state index in [-0.39, 0.29) is 17.5 Å². The maximum atomic E-state index is 15.0. The third kappa shape index (κ3) is 4.44. The van der Waals surface area contributed by atoms with E-state index in [1.807, 2.05) is 65.7 Å². The van der Waals surface area contributed by atoms with Crippen LogP contribution in [-0.2, 0) is 15.0 Å². The van der Waals surface area contributed by atoms with Gasteiger partial charge >= 0.3 is 5.97 Å². The summed E-state index contributed by atoms with van der Waals surface area (Å²) in [5.41, 5.74) is 2.28. The van der Waals surface area contributed by atoms with E-state index in [0.29, 0.717) is 40.5 Å². The molecule has 4 aromatic rings. The van der Waals surface area contributed by atoms with Crippen molar-refractivity contribution >= 4 is 35.2 Å². The van der Waals surface area contributed by atoms with E-state index in [9.17, 15) is 19.2 Å². The number of carbonyl (C=O) groups is 4. The van der Waals surface area contributed by atoms with E-state index in [0.717, 1.165) is 11.1 Å². The Morgan fingerprint density at radius 3 is 2.24 bits per heavy atom. The Morgan fingerprint density at radius 1 is 0.870 bits per heavy atom. The summed E-state index contributed by atoms with van der Waals surface area (Å²) < 4.78 is 10.8. The molecule has 7 rings (SSSR count). The molecule has 8 nitrogen and oxygen atoms in total. The third-order valence-corrected chi connectivity index (χ3v) is 9.03. The minimum absolute atomic E-state index is 0.298. The van der Waals surface area contributed by atoms with Gasteiger partial charge in [-0.2, -0.15) is 0 Å². The Hall–Kier alpha value is -5.76. The minimum Gasteiger partial charge on any atom is -0.490 e. The molecule has 1 amide bonds. The molecule has 0 bridgehead atoms. The first-order valence-electron chi connectivity index (χ1n) is 15.0. The van der Waals surface area contributed by atoms with Crippen molar-refractivity contribution in [1.29, 1.82) is 0 Å². The van der Waals surface area contributed by atoms with Crippen LogP contribution < -0.4 is 14.8 Å². The van der Waals surface area contributed by atoms with Crippen molar-refractivity contribution < 1.29 is 28.7 Å². The van der Waals surface area contributed by atoms with Crippen molar-refractivity contribution in [2.24, 2.45) is 5.92 Å². The number of hydrogen-bond acceptors (Lipinski definition) is 7. The molecule has 3 aliphatic rings. The lowest BCUT2D eigenvalue weighted by Crippen LogP contribution is -2.49. The number of amides is 1. The van der Waals surface area contributed by atoms with Crippen molar-refractivity contribution in [3.8, 4) is 11.5 Å². The summed E-state index contributed by atoms with van der Waals surface area (Å²) >= 11 is 0. The lowest BCUT2D eigenvalue weighted by molar-refractivity contribution is -0.131. The Balaban J connectivity index is 1.44. The summed E-state index contributed by atoms with van der Waals surface area (Å²) in [7, 11) is 0. The van der Waals surface area contributed by atoms with Gasteiger partial charge in [0.1, 0.15) is 29.6 Å². The Bertz CT molecular complexity index is 1930. The second kappa shape index (κ2) is 11.3. The third-order valence-electron chi connectivity index (χ3n) is 9.03. The molecule has 46 heavy (non-hydrogen) atoms. The van der Waals surface area contributed by atoms with Crippen molar-refractivity contribution in [2.75, 3.05) is 11.9 Å². The fourth-order valence-corrected chi connectivity index (χ4v) is 7.24. The summed E-state index contributed by atoms with van der Waals surface area (Å²) in [6.45, 7) is 5.29. The summed E-state index contributed by atoms with van der Waals surface area (Å²) in [5, 5.41) is 3.06. The molecule has 3 aliphatic heterocycles. The molecule has 0 radical (unpaired) electrons. The van der Waals surface area contributed by atoms with Crippen LogP contribution in [0.5, 0.6) is 11.5 Å². The predicted octanol–water partition coefficient (Wildman–Crippen LogP) is 6.16. The molecule has 4 atom stereocenters. The maximum Gasteiger partial charge on any atom is 0.308 e. The van der Waals surface area contributed by atoms with Gasteiger partial charge in [0.25, 0.3) is 0 Å². The van der Waals surface area contributed by atoms with Gasteiger partial charge in [0.05, 0.1) is 12.0 Å². The van der Waals surface area contributed by atoms with Crippen LogP contribution in [0.1, 0.15) is 50.4 Å². The van der Waals surface area contributed by atoms with Gasteiger partial charge in [-0.3, -0.25) is 19.2 Å². The maximum absolute atomic E-state index is 15.0. The van der Waals surface area contributed by atoms with E-state index >= 15 is 0 Å². The monoisotopic (exact) mass is 610 g/mol. The Labute approximate surface area is 265 Å². The number of nitrogens with zero attached hydrogens (tertiary/aromatic N) is 1. The molecule has 1 fully saturated rings. The fourth-order valence-electron chi connectivity index (χ4n) is 7.24. The highest BCUT2D eigenvalue weighted by molar-refractivity contribution is 6.16.